The van der Waals surface area contributed by atoms with Gasteiger partial charge in [0.25, 0.3) is 0 Å². The highest BCUT2D eigenvalue weighted by atomic mass is 31.0. The molecule has 11 unspecified atom stereocenters. The van der Waals surface area contributed by atoms with Gasteiger partial charge in [0.15, 0.2) is 0 Å². The van der Waals surface area contributed by atoms with E-state index in [1.165, 1.54) is 6.26 Å². The maximum atomic E-state index is 14.1. The van der Waals surface area contributed by atoms with Crippen LogP contribution in [0.3, 0.4) is 0 Å². The smallest absolute Gasteiger partial charge is 0.316 e. The van der Waals surface area contributed by atoms with Crippen LogP contribution in [0.25, 0.3) is 0 Å². The summed E-state index contributed by atoms with van der Waals surface area (Å²) in [6.45, 7) is 21.8. The van der Waals surface area contributed by atoms with Gasteiger partial charge in [-0.1, -0.05) is 48.1 Å². The molecule has 1 aliphatic carbocycles. The summed E-state index contributed by atoms with van der Waals surface area (Å²) in [5, 5.41) is 0. The molecule has 2 heterocycles. The Labute approximate surface area is 257 Å². The molecule has 3 aliphatic rings. The zero-order valence-corrected chi connectivity index (χ0v) is 29.1. The Balaban J connectivity index is 2.04. The van der Waals surface area contributed by atoms with Crippen molar-refractivity contribution in [3.8, 4) is 0 Å². The molecular formula is C34H58NO6P. The molecule has 2 aliphatic heterocycles. The van der Waals surface area contributed by atoms with Crippen LogP contribution < -0.4 is 0 Å². The van der Waals surface area contributed by atoms with Gasteiger partial charge in [0.2, 0.25) is 0 Å². The largest absolute Gasteiger partial charge is 0.492 e. The first-order valence-electron chi connectivity index (χ1n) is 16.2. The lowest BCUT2D eigenvalue weighted by atomic mass is 9.70. The Kier molecular flexibility index (Phi) is 11.5. The van der Waals surface area contributed by atoms with E-state index in [4.69, 9.17) is 14.2 Å². The third-order valence-electron chi connectivity index (χ3n) is 11.4. The predicted molar refractivity (Wildman–Crippen MR) is 170 cm³/mol. The number of ether oxygens (including phenoxy) is 3. The molecule has 3 rings (SSSR count). The maximum absolute atomic E-state index is 14.1. The molecule has 2 saturated heterocycles. The van der Waals surface area contributed by atoms with Gasteiger partial charge >= 0.3 is 5.97 Å². The summed E-state index contributed by atoms with van der Waals surface area (Å²) in [5.41, 5.74) is -1.39. The second-order valence-corrected chi connectivity index (χ2v) is 15.0. The van der Waals surface area contributed by atoms with Crippen LogP contribution in [0.15, 0.2) is 12.8 Å². The van der Waals surface area contributed by atoms with E-state index in [0.717, 1.165) is 6.42 Å². The SMILES string of the molecule is C=CO[C@]1(C)C(CC)OC(=O)C(C)C(=O)C(C)C([C@@H]2C3OC(C)CC(N(C)C)C(C)C32)C(C)C[C@@H](C)C(=O)[C@H](P)[C@H]1C. The van der Waals surface area contributed by atoms with Crippen molar-refractivity contribution < 1.29 is 28.6 Å². The third-order valence-corrected chi connectivity index (χ3v) is 12.3. The van der Waals surface area contributed by atoms with Gasteiger partial charge in [-0.15, -0.1) is 9.24 Å². The minimum atomic E-state index is -0.990. The summed E-state index contributed by atoms with van der Waals surface area (Å²) in [7, 11) is 7.02. The Hall–Kier alpha value is -1.30. The van der Waals surface area contributed by atoms with Gasteiger partial charge in [-0.3, -0.25) is 14.4 Å². The Bertz CT molecular complexity index is 1000. The van der Waals surface area contributed by atoms with Crippen molar-refractivity contribution in [3.63, 3.8) is 0 Å². The van der Waals surface area contributed by atoms with Crippen molar-refractivity contribution in [1.82, 2.24) is 4.90 Å². The summed E-state index contributed by atoms with van der Waals surface area (Å²) in [4.78, 5) is 43.9. The minimum Gasteiger partial charge on any atom is -0.492 e. The molecule has 240 valence electrons. The Morgan fingerprint density at radius 1 is 1.00 bits per heavy atom. The Morgan fingerprint density at radius 3 is 2.17 bits per heavy atom. The molecule has 0 aromatic carbocycles. The van der Waals surface area contributed by atoms with Gasteiger partial charge in [-0.25, -0.2) is 0 Å². The van der Waals surface area contributed by atoms with Crippen LogP contribution in [0.5, 0.6) is 0 Å². The molecule has 0 N–H and O–H groups in total. The van der Waals surface area contributed by atoms with Crippen molar-refractivity contribution in [2.24, 2.45) is 53.3 Å². The van der Waals surface area contributed by atoms with E-state index in [9.17, 15) is 14.4 Å². The number of hydrogen-bond donors (Lipinski definition) is 0. The molecule has 16 atom stereocenters. The van der Waals surface area contributed by atoms with Crippen molar-refractivity contribution >= 4 is 26.8 Å². The molecule has 0 aromatic heterocycles. The summed E-state index contributed by atoms with van der Waals surface area (Å²) < 4.78 is 18.7. The van der Waals surface area contributed by atoms with E-state index in [0.29, 0.717) is 30.7 Å². The fraction of sp³-hybridized carbons (Fsp3) is 0.853. The van der Waals surface area contributed by atoms with E-state index >= 15 is 0 Å². The number of hydrogen-bond acceptors (Lipinski definition) is 7. The molecule has 0 bridgehead atoms. The summed E-state index contributed by atoms with van der Waals surface area (Å²) in [6.07, 6.45) is 3.05. The van der Waals surface area contributed by atoms with Gasteiger partial charge < -0.3 is 19.1 Å². The number of nitrogens with zero attached hydrogens (tertiary/aromatic N) is 1. The zero-order valence-electron chi connectivity index (χ0n) is 28.0. The van der Waals surface area contributed by atoms with E-state index in [-0.39, 0.29) is 59.3 Å². The average Bonchev–Trinajstić information content (AvgIpc) is 3.65. The number of Topliss-reactive ketones (excluding diaryl/α,β-unsaturated/α-hetero) is 2. The van der Waals surface area contributed by atoms with E-state index < -0.39 is 29.3 Å². The zero-order chi connectivity index (χ0) is 31.8. The number of fused-ring (bicyclic) bond motifs is 1. The second-order valence-electron chi connectivity index (χ2n) is 14.3. The molecule has 8 heteroatoms. The van der Waals surface area contributed by atoms with Gasteiger partial charge in [-0.2, -0.15) is 0 Å². The summed E-state index contributed by atoms with van der Waals surface area (Å²) in [6, 6.07) is 0.395. The second kappa shape index (κ2) is 13.8. The van der Waals surface area contributed by atoms with Crippen molar-refractivity contribution in [2.75, 3.05) is 14.1 Å². The van der Waals surface area contributed by atoms with Gasteiger partial charge in [0.05, 0.1) is 18.5 Å². The molecule has 7 nitrogen and oxygen atoms in total. The van der Waals surface area contributed by atoms with Crippen LogP contribution in [-0.4, -0.2) is 72.1 Å². The quantitative estimate of drug-likeness (QED) is 0.169. The lowest BCUT2D eigenvalue weighted by Crippen LogP contribution is -2.53. The lowest BCUT2D eigenvalue weighted by Gasteiger charge is -2.43. The third kappa shape index (κ3) is 6.69. The van der Waals surface area contributed by atoms with E-state index in [1.807, 2.05) is 34.6 Å². The molecular weight excluding hydrogens is 549 g/mol. The van der Waals surface area contributed by atoms with Crippen LogP contribution in [0, 0.1) is 53.3 Å². The summed E-state index contributed by atoms with van der Waals surface area (Å²) >= 11 is 0. The number of ketones is 2. The number of cyclic esters (lactones) is 1. The molecule has 0 amide bonds. The van der Waals surface area contributed by atoms with Crippen LogP contribution in [0.2, 0.25) is 0 Å². The molecule has 0 radical (unpaired) electrons. The number of carbonyl (C=O) groups excluding carboxylic acids is 3. The first-order chi connectivity index (χ1) is 19.5. The minimum absolute atomic E-state index is 0.00628. The van der Waals surface area contributed by atoms with E-state index in [2.05, 4.69) is 55.6 Å². The van der Waals surface area contributed by atoms with Crippen LogP contribution >= 0.6 is 9.24 Å². The van der Waals surface area contributed by atoms with Gasteiger partial charge in [0, 0.05) is 29.5 Å². The molecule has 1 saturated carbocycles. The Morgan fingerprint density at radius 2 is 1.62 bits per heavy atom. The maximum Gasteiger partial charge on any atom is 0.316 e. The monoisotopic (exact) mass is 607 g/mol. The molecule has 0 aromatic rings. The van der Waals surface area contributed by atoms with Crippen molar-refractivity contribution in [2.45, 2.75) is 117 Å². The lowest BCUT2D eigenvalue weighted by molar-refractivity contribution is -0.177. The fourth-order valence-corrected chi connectivity index (χ4v) is 9.33. The first-order valence-corrected chi connectivity index (χ1v) is 16.8. The highest BCUT2D eigenvalue weighted by Gasteiger charge is 2.63. The fourth-order valence-electron chi connectivity index (χ4n) is 8.62. The van der Waals surface area contributed by atoms with Gasteiger partial charge in [-0.05, 0) is 83.7 Å². The van der Waals surface area contributed by atoms with Crippen molar-refractivity contribution in [3.05, 3.63) is 12.8 Å². The number of esters is 1. The van der Waals surface area contributed by atoms with Gasteiger partial charge in [0.1, 0.15) is 29.2 Å². The number of rotatable bonds is 5. The van der Waals surface area contributed by atoms with Crippen LogP contribution in [-0.2, 0) is 28.6 Å². The van der Waals surface area contributed by atoms with Crippen molar-refractivity contribution in [1.29, 1.82) is 0 Å². The first kappa shape index (κ1) is 35.2. The normalized spacial score (nSPS) is 47.6. The topological polar surface area (TPSA) is 82.1 Å². The van der Waals surface area contributed by atoms with E-state index in [1.54, 1.807) is 6.92 Å². The predicted octanol–water partition coefficient (Wildman–Crippen LogP) is 5.80. The standard InChI is InChI=1S/C34H58NO6P/c1-13-25-34(10,39-14-2)23(9)32(42)29(36)18(4)15-17(3)26(21(7)30(37)22(8)33(38)41-25)28-27-20(6)24(35(11)12)16-19(5)40-31(27)28/h14,17-28,31-32H,2,13,15-16,42H2,1,3-12H3/t17?,18-,19?,20?,21?,22?,23-,24?,25?,26?,27?,28+,31?,32-,34+/m1/s1. The van der Waals surface area contributed by atoms with Crippen LogP contribution in [0.1, 0.15) is 81.6 Å². The highest BCUT2D eigenvalue weighted by molar-refractivity contribution is 7.19. The molecule has 3 fully saturated rings. The highest BCUT2D eigenvalue weighted by Crippen LogP contribution is 2.59. The molecule has 0 spiro atoms. The van der Waals surface area contributed by atoms with Crippen LogP contribution in [0.4, 0.5) is 0 Å². The summed E-state index contributed by atoms with van der Waals surface area (Å²) in [5.74, 6) is -1.25. The molecule has 42 heavy (non-hydrogen) atoms. The average molecular weight is 608 g/mol. The number of carbonyl (C=O) groups is 3.